The molecule has 0 bridgehead atoms. The average Bonchev–Trinajstić information content (AvgIpc) is 2.13. The zero-order valence-corrected chi connectivity index (χ0v) is 5.93. The van der Waals surface area contributed by atoms with Crippen LogP contribution in [0.1, 0.15) is 21.7 Å². The van der Waals surface area contributed by atoms with Crippen molar-refractivity contribution in [3.05, 3.63) is 23.0 Å². The zero-order valence-electron chi connectivity index (χ0n) is 5.93. The minimum Gasteiger partial charge on any atom is -0.477 e. The van der Waals surface area contributed by atoms with Crippen molar-refractivity contribution in [2.75, 3.05) is 0 Å². The minimum atomic E-state index is -0.906. The molecule has 0 saturated carbocycles. The molecule has 10 heavy (non-hydrogen) atoms. The molecule has 3 nitrogen and oxygen atoms in total. The van der Waals surface area contributed by atoms with Gasteiger partial charge in [-0.3, -0.25) is 0 Å². The molecule has 54 valence electrons. The molecule has 0 aliphatic heterocycles. The van der Waals surface area contributed by atoms with Crippen LogP contribution >= 0.6 is 0 Å². The molecule has 3 heteroatoms. The Bertz CT molecular complexity index is 243. The van der Waals surface area contributed by atoms with E-state index in [4.69, 9.17) is 5.11 Å². The predicted molar refractivity (Wildman–Crippen MR) is 37.2 cm³/mol. The number of aromatic amines is 1. The number of hydrogen-bond donors (Lipinski definition) is 2. The molecule has 0 fully saturated rings. The van der Waals surface area contributed by atoms with Gasteiger partial charge in [-0.25, -0.2) is 4.79 Å². The Labute approximate surface area is 58.7 Å². The van der Waals surface area contributed by atoms with Crippen molar-refractivity contribution in [1.82, 2.24) is 4.98 Å². The molecule has 0 radical (unpaired) electrons. The van der Waals surface area contributed by atoms with E-state index in [0.717, 1.165) is 11.3 Å². The van der Waals surface area contributed by atoms with Gasteiger partial charge in [-0.2, -0.15) is 0 Å². The molecule has 0 aliphatic carbocycles. The highest BCUT2D eigenvalue weighted by Gasteiger charge is 2.05. The fourth-order valence-corrected chi connectivity index (χ4v) is 0.777. The van der Waals surface area contributed by atoms with Gasteiger partial charge in [-0.05, 0) is 25.5 Å². The molecular weight excluding hydrogens is 130 g/mol. The van der Waals surface area contributed by atoms with Crippen molar-refractivity contribution in [2.45, 2.75) is 13.8 Å². The number of aromatic nitrogens is 1. The van der Waals surface area contributed by atoms with E-state index in [0.29, 0.717) is 0 Å². The Kier molecular flexibility index (Phi) is 1.49. The van der Waals surface area contributed by atoms with Crippen LogP contribution in [-0.4, -0.2) is 16.1 Å². The van der Waals surface area contributed by atoms with Gasteiger partial charge in [0.25, 0.3) is 0 Å². The number of hydrogen-bond acceptors (Lipinski definition) is 1. The normalized spacial score (nSPS) is 9.80. The lowest BCUT2D eigenvalue weighted by molar-refractivity contribution is 0.0691. The van der Waals surface area contributed by atoms with Gasteiger partial charge in [-0.1, -0.05) is 0 Å². The van der Waals surface area contributed by atoms with Crippen molar-refractivity contribution < 1.29 is 9.90 Å². The molecule has 0 aliphatic rings. The first-order valence-corrected chi connectivity index (χ1v) is 3.01. The highest BCUT2D eigenvalue weighted by molar-refractivity contribution is 5.85. The first-order valence-electron chi connectivity index (χ1n) is 3.01. The molecule has 0 atom stereocenters. The quantitative estimate of drug-likeness (QED) is 0.616. The summed E-state index contributed by atoms with van der Waals surface area (Å²) in [6, 6.07) is 1.62. The number of carboxylic acids is 1. The second kappa shape index (κ2) is 2.17. The molecule has 0 aromatic carbocycles. The molecule has 2 N–H and O–H groups in total. The summed E-state index contributed by atoms with van der Waals surface area (Å²) in [6.07, 6.45) is 0. The minimum absolute atomic E-state index is 0.259. The number of carbonyl (C=O) groups is 1. The fourth-order valence-electron chi connectivity index (χ4n) is 0.777. The lowest BCUT2D eigenvalue weighted by atomic mass is 10.3. The topological polar surface area (TPSA) is 53.1 Å². The Morgan fingerprint density at radius 1 is 1.60 bits per heavy atom. The van der Waals surface area contributed by atoms with Crippen molar-refractivity contribution in [3.8, 4) is 0 Å². The van der Waals surface area contributed by atoms with Crippen LogP contribution in [0.4, 0.5) is 0 Å². The van der Waals surface area contributed by atoms with Gasteiger partial charge in [0.2, 0.25) is 0 Å². The second-order valence-electron chi connectivity index (χ2n) is 2.30. The predicted octanol–water partition coefficient (Wildman–Crippen LogP) is 1.33. The molecule has 0 unspecified atom stereocenters. The third-order valence-corrected chi connectivity index (χ3v) is 1.50. The van der Waals surface area contributed by atoms with Crippen LogP contribution in [0.25, 0.3) is 0 Å². The number of nitrogens with one attached hydrogen (secondary N) is 1. The first-order chi connectivity index (χ1) is 4.61. The van der Waals surface area contributed by atoms with Crippen molar-refractivity contribution in [1.29, 1.82) is 0 Å². The summed E-state index contributed by atoms with van der Waals surface area (Å²) in [5, 5.41) is 8.49. The van der Waals surface area contributed by atoms with Crippen LogP contribution in [-0.2, 0) is 0 Å². The summed E-state index contributed by atoms with van der Waals surface area (Å²) < 4.78 is 0. The van der Waals surface area contributed by atoms with Crippen molar-refractivity contribution in [3.63, 3.8) is 0 Å². The molecule has 1 aromatic heterocycles. The maximum atomic E-state index is 10.3. The Hall–Kier alpha value is -1.25. The molecule has 1 rings (SSSR count). The molecule has 0 spiro atoms. The van der Waals surface area contributed by atoms with E-state index >= 15 is 0 Å². The number of aromatic carboxylic acids is 1. The van der Waals surface area contributed by atoms with E-state index in [1.54, 1.807) is 6.07 Å². The molecular formula is C7H9NO2. The van der Waals surface area contributed by atoms with Gasteiger partial charge in [0.1, 0.15) is 5.69 Å². The molecule has 0 amide bonds. The third-order valence-electron chi connectivity index (χ3n) is 1.50. The van der Waals surface area contributed by atoms with Gasteiger partial charge in [0.05, 0.1) is 0 Å². The third kappa shape index (κ3) is 1.03. The average molecular weight is 139 g/mol. The van der Waals surface area contributed by atoms with Crippen molar-refractivity contribution >= 4 is 5.97 Å². The summed E-state index contributed by atoms with van der Waals surface area (Å²) in [6.45, 7) is 3.72. The fraction of sp³-hybridized carbons (Fsp3) is 0.286. The smallest absolute Gasteiger partial charge is 0.352 e. The van der Waals surface area contributed by atoms with E-state index in [1.807, 2.05) is 13.8 Å². The van der Waals surface area contributed by atoms with Crippen LogP contribution in [0.2, 0.25) is 0 Å². The second-order valence-corrected chi connectivity index (χ2v) is 2.30. The van der Waals surface area contributed by atoms with E-state index < -0.39 is 5.97 Å². The summed E-state index contributed by atoms with van der Waals surface area (Å²) in [7, 11) is 0. The van der Waals surface area contributed by atoms with Gasteiger partial charge < -0.3 is 10.1 Å². The SMILES string of the molecule is Cc1cc(C(=O)O)[nH]c1C. The molecule has 0 saturated heterocycles. The van der Waals surface area contributed by atoms with Crippen LogP contribution in [0.3, 0.4) is 0 Å². The lowest BCUT2D eigenvalue weighted by Gasteiger charge is -1.84. The Morgan fingerprint density at radius 3 is 2.40 bits per heavy atom. The first kappa shape index (κ1) is 6.86. The van der Waals surface area contributed by atoms with Gasteiger partial charge in [0.15, 0.2) is 0 Å². The summed E-state index contributed by atoms with van der Waals surface area (Å²) in [5.41, 5.74) is 2.16. The van der Waals surface area contributed by atoms with Gasteiger partial charge in [-0.15, -0.1) is 0 Å². The largest absolute Gasteiger partial charge is 0.477 e. The zero-order chi connectivity index (χ0) is 7.72. The van der Waals surface area contributed by atoms with E-state index in [9.17, 15) is 4.79 Å². The summed E-state index contributed by atoms with van der Waals surface area (Å²) in [4.78, 5) is 13.1. The Morgan fingerprint density at radius 2 is 2.20 bits per heavy atom. The van der Waals surface area contributed by atoms with E-state index in [-0.39, 0.29) is 5.69 Å². The number of carboxylic acid groups (broad SMARTS) is 1. The van der Waals surface area contributed by atoms with Crippen molar-refractivity contribution in [2.24, 2.45) is 0 Å². The van der Waals surface area contributed by atoms with Gasteiger partial charge >= 0.3 is 5.97 Å². The lowest BCUT2D eigenvalue weighted by Crippen LogP contribution is -1.95. The number of aryl methyl sites for hydroxylation is 2. The monoisotopic (exact) mass is 139 g/mol. The highest BCUT2D eigenvalue weighted by Crippen LogP contribution is 2.07. The standard InChI is InChI=1S/C7H9NO2/c1-4-3-6(7(9)10)8-5(4)2/h3,8H,1-2H3,(H,9,10). The van der Waals surface area contributed by atoms with E-state index in [2.05, 4.69) is 4.98 Å². The van der Waals surface area contributed by atoms with Gasteiger partial charge in [0, 0.05) is 5.69 Å². The molecule has 1 heterocycles. The maximum Gasteiger partial charge on any atom is 0.352 e. The highest BCUT2D eigenvalue weighted by atomic mass is 16.4. The Balaban J connectivity index is 3.10. The van der Waals surface area contributed by atoms with Crippen LogP contribution in [0, 0.1) is 13.8 Å². The van der Waals surface area contributed by atoms with Crippen LogP contribution < -0.4 is 0 Å². The maximum absolute atomic E-state index is 10.3. The number of rotatable bonds is 1. The van der Waals surface area contributed by atoms with E-state index in [1.165, 1.54) is 0 Å². The number of H-pyrrole nitrogens is 1. The molecule has 1 aromatic rings. The summed E-state index contributed by atoms with van der Waals surface area (Å²) in [5.74, 6) is -0.906. The van der Waals surface area contributed by atoms with Crippen LogP contribution in [0.5, 0.6) is 0 Å². The summed E-state index contributed by atoms with van der Waals surface area (Å²) >= 11 is 0. The van der Waals surface area contributed by atoms with Crippen LogP contribution in [0.15, 0.2) is 6.07 Å².